The molecule has 1 aromatic heterocycles. The van der Waals surface area contributed by atoms with Gasteiger partial charge in [-0.25, -0.2) is 4.79 Å². The number of rotatable bonds is 3. The summed E-state index contributed by atoms with van der Waals surface area (Å²) >= 11 is 6.28. The first kappa shape index (κ1) is 17.5. The average molecular weight is 349 g/mol. The second-order valence-electron chi connectivity index (χ2n) is 7.11. The van der Waals surface area contributed by atoms with Gasteiger partial charge in [0, 0.05) is 35.1 Å². The van der Waals surface area contributed by atoms with Crippen LogP contribution in [0, 0.1) is 6.92 Å². The zero-order valence-corrected chi connectivity index (χ0v) is 15.6. The maximum absolute atomic E-state index is 11.9. The summed E-state index contributed by atoms with van der Waals surface area (Å²) in [6, 6.07) is 6.47. The maximum atomic E-state index is 11.9. The van der Waals surface area contributed by atoms with Crippen molar-refractivity contribution >= 4 is 22.6 Å². The van der Waals surface area contributed by atoms with Crippen molar-refractivity contribution in [2.75, 3.05) is 20.6 Å². The fraction of sp³-hybridized carbons (Fsp3) is 0.526. The van der Waals surface area contributed by atoms with Crippen LogP contribution in [0.3, 0.4) is 0 Å². The number of piperidine rings is 1. The summed E-state index contributed by atoms with van der Waals surface area (Å²) in [7, 11) is 4.32. The molecule has 130 valence electrons. The van der Waals surface area contributed by atoms with Crippen LogP contribution in [0.5, 0.6) is 0 Å². The Kier molecular flexibility index (Phi) is 5.00. The van der Waals surface area contributed by atoms with E-state index in [2.05, 4.69) is 30.8 Å². The fourth-order valence-corrected chi connectivity index (χ4v) is 3.71. The van der Waals surface area contributed by atoms with E-state index in [1.54, 1.807) is 6.07 Å². The highest BCUT2D eigenvalue weighted by Crippen LogP contribution is 2.27. The van der Waals surface area contributed by atoms with Crippen molar-refractivity contribution in [2.24, 2.45) is 0 Å². The Hall–Kier alpha value is -1.36. The molecule has 1 aliphatic rings. The van der Waals surface area contributed by atoms with Crippen molar-refractivity contribution in [3.05, 3.63) is 44.8 Å². The SMILES string of the molecule is Cc1cc2oc(=O)cc(CN(C)[C@@H]3CCN(C)[C@H](C)C3)c2cc1Cl. The fourth-order valence-electron chi connectivity index (χ4n) is 3.54. The van der Waals surface area contributed by atoms with E-state index in [1.807, 2.05) is 19.1 Å². The number of halogens is 1. The van der Waals surface area contributed by atoms with Gasteiger partial charge in [0.05, 0.1) is 0 Å². The number of aryl methyl sites for hydroxylation is 1. The zero-order valence-electron chi connectivity index (χ0n) is 14.8. The molecule has 1 aromatic carbocycles. The van der Waals surface area contributed by atoms with Gasteiger partial charge in [-0.1, -0.05) is 11.6 Å². The Bertz CT molecular complexity index is 802. The summed E-state index contributed by atoms with van der Waals surface area (Å²) in [6.07, 6.45) is 2.29. The maximum Gasteiger partial charge on any atom is 0.336 e. The van der Waals surface area contributed by atoms with Crippen molar-refractivity contribution < 1.29 is 4.42 Å². The van der Waals surface area contributed by atoms with Crippen LogP contribution in [0.15, 0.2) is 27.4 Å². The highest BCUT2D eigenvalue weighted by Gasteiger charge is 2.26. The Balaban J connectivity index is 1.89. The molecule has 2 heterocycles. The number of hydrogen-bond donors (Lipinski definition) is 0. The number of hydrogen-bond acceptors (Lipinski definition) is 4. The molecule has 4 nitrogen and oxygen atoms in total. The summed E-state index contributed by atoms with van der Waals surface area (Å²) in [4.78, 5) is 16.7. The molecular weight excluding hydrogens is 324 g/mol. The largest absolute Gasteiger partial charge is 0.423 e. The molecule has 2 atom stereocenters. The first-order valence-corrected chi connectivity index (χ1v) is 8.86. The molecule has 0 saturated carbocycles. The zero-order chi connectivity index (χ0) is 17.4. The molecule has 1 fully saturated rings. The average Bonchev–Trinajstić information content (AvgIpc) is 2.51. The topological polar surface area (TPSA) is 36.7 Å². The van der Waals surface area contributed by atoms with Crippen LogP contribution in [-0.4, -0.2) is 42.5 Å². The molecule has 0 amide bonds. The van der Waals surface area contributed by atoms with Gasteiger partial charge >= 0.3 is 5.63 Å². The van der Waals surface area contributed by atoms with Crippen LogP contribution in [0.1, 0.15) is 30.9 Å². The normalized spacial score (nSPS) is 22.4. The first-order valence-electron chi connectivity index (χ1n) is 8.48. The lowest BCUT2D eigenvalue weighted by Crippen LogP contribution is -2.46. The van der Waals surface area contributed by atoms with Gasteiger partial charge in [0.1, 0.15) is 5.58 Å². The predicted octanol–water partition coefficient (Wildman–Crippen LogP) is 3.67. The van der Waals surface area contributed by atoms with Crippen molar-refractivity contribution in [3.8, 4) is 0 Å². The van der Waals surface area contributed by atoms with Crippen molar-refractivity contribution in [2.45, 2.75) is 45.3 Å². The van der Waals surface area contributed by atoms with Gasteiger partial charge < -0.3 is 9.32 Å². The lowest BCUT2D eigenvalue weighted by molar-refractivity contribution is 0.101. The molecular formula is C19H25ClN2O2. The Labute approximate surface area is 148 Å². The Morgan fingerprint density at radius 1 is 1.38 bits per heavy atom. The number of nitrogens with zero attached hydrogens (tertiary/aromatic N) is 2. The lowest BCUT2D eigenvalue weighted by atomic mass is 9.97. The first-order chi connectivity index (χ1) is 11.3. The smallest absolute Gasteiger partial charge is 0.336 e. The van der Waals surface area contributed by atoms with Crippen LogP contribution in [0.4, 0.5) is 0 Å². The Morgan fingerprint density at radius 3 is 2.83 bits per heavy atom. The third-order valence-electron chi connectivity index (χ3n) is 5.33. The quantitative estimate of drug-likeness (QED) is 0.793. The summed E-state index contributed by atoms with van der Waals surface area (Å²) in [6.45, 7) is 6.02. The van der Waals surface area contributed by atoms with Crippen LogP contribution < -0.4 is 5.63 Å². The standard InChI is InChI=1S/C19H25ClN2O2/c1-12-7-18-16(10-17(12)20)14(9-19(23)24-18)11-22(4)15-5-6-21(3)13(2)8-15/h7,9-10,13,15H,5-6,8,11H2,1-4H3/t13-,15-/m1/s1. The van der Waals surface area contributed by atoms with E-state index in [-0.39, 0.29) is 5.63 Å². The third-order valence-corrected chi connectivity index (χ3v) is 5.74. The highest BCUT2D eigenvalue weighted by molar-refractivity contribution is 6.32. The van der Waals surface area contributed by atoms with Gasteiger partial charge in [0.25, 0.3) is 0 Å². The summed E-state index contributed by atoms with van der Waals surface area (Å²) in [5, 5.41) is 1.63. The van der Waals surface area contributed by atoms with E-state index >= 15 is 0 Å². The molecule has 0 radical (unpaired) electrons. The molecule has 5 heteroatoms. The molecule has 1 aliphatic heterocycles. The molecule has 1 saturated heterocycles. The molecule has 24 heavy (non-hydrogen) atoms. The predicted molar refractivity (Wildman–Crippen MR) is 98.8 cm³/mol. The minimum atomic E-state index is -0.302. The highest BCUT2D eigenvalue weighted by atomic mass is 35.5. The van der Waals surface area contributed by atoms with Gasteiger partial charge in [-0.2, -0.15) is 0 Å². The van der Waals surface area contributed by atoms with Crippen LogP contribution in [0.2, 0.25) is 5.02 Å². The molecule has 3 rings (SSSR count). The minimum Gasteiger partial charge on any atom is -0.423 e. The Morgan fingerprint density at radius 2 is 2.12 bits per heavy atom. The van der Waals surface area contributed by atoms with E-state index in [9.17, 15) is 4.79 Å². The summed E-state index contributed by atoms with van der Waals surface area (Å²) in [5.74, 6) is 0. The number of likely N-dealkylation sites (tertiary alicyclic amines) is 1. The van der Waals surface area contributed by atoms with Crippen molar-refractivity contribution in [1.29, 1.82) is 0 Å². The second kappa shape index (κ2) is 6.87. The number of fused-ring (bicyclic) bond motifs is 1. The molecule has 0 aliphatic carbocycles. The molecule has 0 spiro atoms. The van der Waals surface area contributed by atoms with E-state index in [1.165, 1.54) is 0 Å². The second-order valence-corrected chi connectivity index (χ2v) is 7.52. The van der Waals surface area contributed by atoms with Crippen molar-refractivity contribution in [1.82, 2.24) is 9.80 Å². The third kappa shape index (κ3) is 3.51. The van der Waals surface area contributed by atoms with E-state index < -0.39 is 0 Å². The molecule has 0 bridgehead atoms. The van der Waals surface area contributed by atoms with Crippen molar-refractivity contribution in [3.63, 3.8) is 0 Å². The lowest BCUT2D eigenvalue weighted by Gasteiger charge is -2.39. The van der Waals surface area contributed by atoms with E-state index in [0.29, 0.717) is 22.7 Å². The minimum absolute atomic E-state index is 0.302. The molecule has 0 N–H and O–H groups in total. The number of benzene rings is 1. The monoisotopic (exact) mass is 348 g/mol. The summed E-state index contributed by atoms with van der Waals surface area (Å²) < 4.78 is 5.36. The van der Waals surface area contributed by atoms with E-state index in [0.717, 1.165) is 42.4 Å². The van der Waals surface area contributed by atoms with Gasteiger partial charge in [0.2, 0.25) is 0 Å². The molecule has 2 aromatic rings. The van der Waals surface area contributed by atoms with Crippen LogP contribution >= 0.6 is 11.6 Å². The van der Waals surface area contributed by atoms with Gasteiger partial charge in [-0.05, 0) is 70.6 Å². The summed E-state index contributed by atoms with van der Waals surface area (Å²) in [5.41, 5.74) is 2.22. The van der Waals surface area contributed by atoms with Gasteiger partial charge in [-0.3, -0.25) is 4.90 Å². The van der Waals surface area contributed by atoms with Crippen LogP contribution in [-0.2, 0) is 6.54 Å². The van der Waals surface area contributed by atoms with E-state index in [4.69, 9.17) is 16.0 Å². The van der Waals surface area contributed by atoms with Gasteiger partial charge in [0.15, 0.2) is 0 Å². The van der Waals surface area contributed by atoms with Gasteiger partial charge in [-0.15, -0.1) is 0 Å². The van der Waals surface area contributed by atoms with Crippen LogP contribution in [0.25, 0.3) is 11.0 Å². The molecule has 0 unspecified atom stereocenters.